The zero-order chi connectivity index (χ0) is 24.9. The van der Waals surface area contributed by atoms with Crippen LogP contribution in [0.15, 0.2) is 54.6 Å². The Morgan fingerprint density at radius 3 is 2.29 bits per heavy atom. The summed E-state index contributed by atoms with van der Waals surface area (Å²) in [6, 6.07) is 17.1. The highest BCUT2D eigenvalue weighted by Gasteiger charge is 2.23. The van der Waals surface area contributed by atoms with Gasteiger partial charge in [-0.25, -0.2) is 9.48 Å². The van der Waals surface area contributed by atoms with Crippen molar-refractivity contribution in [3.8, 4) is 11.8 Å². The highest BCUT2D eigenvalue weighted by atomic mass is 35.5. The predicted octanol–water partition coefficient (Wildman–Crippen LogP) is 5.19. The average Bonchev–Trinajstić information content (AvgIpc) is 3.22. The number of carbonyl (C=O) groups excluding carboxylic acids is 2. The molecule has 0 bridgehead atoms. The van der Waals surface area contributed by atoms with Gasteiger partial charge in [0.2, 0.25) is 5.91 Å². The van der Waals surface area contributed by atoms with E-state index >= 15 is 0 Å². The SMILES string of the molecule is CCN(CC(=O)Nc1cc(C(C)(C)C)nn1-c1ccc(Cl)cc1)C(=O)Nc1ccc(C#N)cc1. The Kier molecular flexibility index (Phi) is 7.59. The summed E-state index contributed by atoms with van der Waals surface area (Å²) >= 11 is 6.02. The fraction of sp³-hybridized carbons (Fsp3) is 0.280. The molecule has 0 aliphatic heterocycles. The molecule has 0 radical (unpaired) electrons. The summed E-state index contributed by atoms with van der Waals surface area (Å²) in [6.07, 6.45) is 0. The van der Waals surface area contributed by atoms with Crippen LogP contribution in [0, 0.1) is 11.3 Å². The molecule has 9 heteroatoms. The number of nitrogens with zero attached hydrogens (tertiary/aromatic N) is 4. The molecule has 0 saturated heterocycles. The van der Waals surface area contributed by atoms with Gasteiger partial charge in [-0.3, -0.25) is 4.79 Å². The highest BCUT2D eigenvalue weighted by molar-refractivity contribution is 6.30. The summed E-state index contributed by atoms with van der Waals surface area (Å²) in [4.78, 5) is 27.0. The van der Waals surface area contributed by atoms with E-state index in [1.807, 2.05) is 45.0 Å². The molecule has 0 atom stereocenters. The van der Waals surface area contributed by atoms with E-state index in [2.05, 4.69) is 15.7 Å². The van der Waals surface area contributed by atoms with Gasteiger partial charge in [0.05, 0.1) is 23.0 Å². The lowest BCUT2D eigenvalue weighted by atomic mass is 9.92. The van der Waals surface area contributed by atoms with Gasteiger partial charge in [0.1, 0.15) is 12.4 Å². The smallest absolute Gasteiger partial charge is 0.315 e. The van der Waals surface area contributed by atoms with Gasteiger partial charge < -0.3 is 15.5 Å². The lowest BCUT2D eigenvalue weighted by Gasteiger charge is -2.21. The molecule has 1 heterocycles. The summed E-state index contributed by atoms with van der Waals surface area (Å²) < 4.78 is 1.65. The number of hydrogen-bond donors (Lipinski definition) is 2. The zero-order valence-electron chi connectivity index (χ0n) is 19.6. The molecule has 0 aliphatic rings. The first-order chi connectivity index (χ1) is 16.1. The molecule has 8 nitrogen and oxygen atoms in total. The number of hydrogen-bond acceptors (Lipinski definition) is 4. The van der Waals surface area contributed by atoms with Crippen LogP contribution < -0.4 is 10.6 Å². The number of carbonyl (C=O) groups is 2. The van der Waals surface area contributed by atoms with Crippen molar-refractivity contribution in [1.29, 1.82) is 5.26 Å². The minimum absolute atomic E-state index is 0.144. The number of benzene rings is 2. The van der Waals surface area contributed by atoms with E-state index in [1.54, 1.807) is 48.0 Å². The van der Waals surface area contributed by atoms with Crippen LogP contribution in [0.5, 0.6) is 0 Å². The Balaban J connectivity index is 1.75. The summed E-state index contributed by atoms with van der Waals surface area (Å²) in [7, 11) is 0. The van der Waals surface area contributed by atoms with E-state index in [-0.39, 0.29) is 17.9 Å². The molecule has 0 spiro atoms. The number of urea groups is 1. The van der Waals surface area contributed by atoms with E-state index in [0.717, 1.165) is 11.4 Å². The Hall–Kier alpha value is -3.83. The van der Waals surface area contributed by atoms with E-state index in [9.17, 15) is 9.59 Å². The fourth-order valence-electron chi connectivity index (χ4n) is 3.13. The topological polar surface area (TPSA) is 103 Å². The molecular weight excluding hydrogens is 452 g/mol. The van der Waals surface area contributed by atoms with Gasteiger partial charge in [-0.05, 0) is 55.5 Å². The quantitative estimate of drug-likeness (QED) is 0.509. The minimum atomic E-state index is -0.413. The second-order valence-electron chi connectivity index (χ2n) is 8.73. The molecule has 0 aliphatic carbocycles. The Morgan fingerprint density at radius 2 is 1.74 bits per heavy atom. The molecule has 2 aromatic carbocycles. The van der Waals surface area contributed by atoms with Crippen LogP contribution in [0.3, 0.4) is 0 Å². The van der Waals surface area contributed by atoms with Crippen molar-refractivity contribution in [2.45, 2.75) is 33.1 Å². The van der Waals surface area contributed by atoms with Crippen molar-refractivity contribution in [2.75, 3.05) is 23.7 Å². The van der Waals surface area contributed by atoms with Gasteiger partial charge in [0.15, 0.2) is 0 Å². The predicted molar refractivity (Wildman–Crippen MR) is 133 cm³/mol. The second kappa shape index (κ2) is 10.4. The minimum Gasteiger partial charge on any atom is -0.315 e. The third kappa shape index (κ3) is 6.15. The van der Waals surface area contributed by atoms with Gasteiger partial charge >= 0.3 is 6.03 Å². The fourth-order valence-corrected chi connectivity index (χ4v) is 3.26. The number of nitriles is 1. The molecular formula is C25H27ClN6O2. The molecule has 1 aromatic heterocycles. The number of anilines is 2. The van der Waals surface area contributed by atoms with Crippen LogP contribution in [-0.4, -0.2) is 39.7 Å². The van der Waals surface area contributed by atoms with E-state index in [0.29, 0.717) is 28.6 Å². The molecule has 3 rings (SSSR count). The number of likely N-dealkylation sites (N-methyl/N-ethyl adjacent to an activating group) is 1. The van der Waals surface area contributed by atoms with Gasteiger partial charge in [0.25, 0.3) is 0 Å². The van der Waals surface area contributed by atoms with Crippen molar-refractivity contribution in [3.63, 3.8) is 0 Å². The van der Waals surface area contributed by atoms with Crippen molar-refractivity contribution in [2.24, 2.45) is 0 Å². The molecule has 3 amide bonds. The molecule has 0 saturated carbocycles. The van der Waals surface area contributed by atoms with Crippen molar-refractivity contribution in [1.82, 2.24) is 14.7 Å². The van der Waals surface area contributed by atoms with Crippen LogP contribution in [0.25, 0.3) is 5.69 Å². The zero-order valence-corrected chi connectivity index (χ0v) is 20.3. The number of amides is 3. The molecule has 3 aromatic rings. The van der Waals surface area contributed by atoms with Crippen LogP contribution >= 0.6 is 11.6 Å². The van der Waals surface area contributed by atoms with Crippen LogP contribution in [-0.2, 0) is 10.2 Å². The van der Waals surface area contributed by atoms with E-state index in [1.165, 1.54) is 4.90 Å². The Labute approximate surface area is 204 Å². The number of halogens is 1. The lowest BCUT2D eigenvalue weighted by Crippen LogP contribution is -2.40. The summed E-state index contributed by atoms with van der Waals surface area (Å²) in [5.41, 5.74) is 2.37. The van der Waals surface area contributed by atoms with E-state index in [4.69, 9.17) is 16.9 Å². The molecule has 34 heavy (non-hydrogen) atoms. The Morgan fingerprint density at radius 1 is 1.09 bits per heavy atom. The second-order valence-corrected chi connectivity index (χ2v) is 9.17. The first-order valence-electron chi connectivity index (χ1n) is 10.8. The van der Waals surface area contributed by atoms with Crippen molar-refractivity contribution in [3.05, 3.63) is 70.9 Å². The molecule has 176 valence electrons. The average molecular weight is 479 g/mol. The Bertz CT molecular complexity index is 1200. The largest absolute Gasteiger partial charge is 0.322 e. The van der Waals surface area contributed by atoms with Crippen LogP contribution in [0.2, 0.25) is 5.02 Å². The van der Waals surface area contributed by atoms with Gasteiger partial charge in [-0.1, -0.05) is 32.4 Å². The summed E-state index contributed by atoms with van der Waals surface area (Å²) in [6.45, 7) is 8.11. The first-order valence-corrected chi connectivity index (χ1v) is 11.2. The molecule has 0 fully saturated rings. The lowest BCUT2D eigenvalue weighted by molar-refractivity contribution is -0.116. The van der Waals surface area contributed by atoms with Crippen molar-refractivity contribution >= 4 is 35.0 Å². The molecule has 2 N–H and O–H groups in total. The highest BCUT2D eigenvalue weighted by Crippen LogP contribution is 2.27. The van der Waals surface area contributed by atoms with Gasteiger partial charge in [-0.15, -0.1) is 0 Å². The van der Waals surface area contributed by atoms with E-state index < -0.39 is 6.03 Å². The number of rotatable bonds is 6. The van der Waals surface area contributed by atoms with Crippen LogP contribution in [0.1, 0.15) is 39.0 Å². The maximum absolute atomic E-state index is 12.9. The van der Waals surface area contributed by atoms with Crippen molar-refractivity contribution < 1.29 is 9.59 Å². The summed E-state index contributed by atoms with van der Waals surface area (Å²) in [5, 5.41) is 19.8. The normalized spacial score (nSPS) is 10.9. The number of nitrogens with one attached hydrogen (secondary N) is 2. The number of aromatic nitrogens is 2. The van der Waals surface area contributed by atoms with Gasteiger partial charge in [0, 0.05) is 28.7 Å². The standard InChI is InChI=1S/C25H27ClN6O2/c1-5-31(24(34)28-19-10-6-17(15-27)7-11-19)16-23(33)29-22-14-21(25(2,3)4)30-32(22)20-12-8-18(26)9-13-20/h6-14H,5,16H2,1-4H3,(H,28,34)(H,29,33). The maximum Gasteiger partial charge on any atom is 0.322 e. The third-order valence-corrected chi connectivity index (χ3v) is 5.34. The monoisotopic (exact) mass is 478 g/mol. The summed E-state index contributed by atoms with van der Waals surface area (Å²) in [5.74, 6) is 0.146. The maximum atomic E-state index is 12.9. The van der Waals surface area contributed by atoms with Gasteiger partial charge in [-0.2, -0.15) is 10.4 Å². The third-order valence-electron chi connectivity index (χ3n) is 5.09. The first kappa shape index (κ1) is 24.8. The molecule has 0 unspecified atom stereocenters. The van der Waals surface area contributed by atoms with Crippen LogP contribution in [0.4, 0.5) is 16.3 Å².